The number of aliphatic hydroxyl groups excluding tert-OH is 1. The monoisotopic (exact) mass is 216 g/mol. The van der Waals surface area contributed by atoms with E-state index in [1.807, 2.05) is 6.92 Å². The van der Waals surface area contributed by atoms with E-state index in [9.17, 15) is 0 Å². The Hall–Kier alpha value is 0.514. The van der Waals surface area contributed by atoms with Gasteiger partial charge in [-0.15, -0.1) is 0 Å². The summed E-state index contributed by atoms with van der Waals surface area (Å²) in [7, 11) is 0. The van der Waals surface area contributed by atoms with E-state index in [2.05, 4.69) is 0 Å². The van der Waals surface area contributed by atoms with Gasteiger partial charge in [0.1, 0.15) is 6.10 Å². The molecule has 2 atom stereocenters. The molecule has 0 aromatic carbocycles. The Morgan fingerprint density at radius 3 is 2.50 bits per heavy atom. The molecule has 10 heavy (non-hydrogen) atoms. The van der Waals surface area contributed by atoms with Gasteiger partial charge >= 0.3 is 0 Å². The molecule has 0 aliphatic rings. The molecule has 0 aliphatic carbocycles. The molecule has 3 nitrogen and oxygen atoms in total. The Bertz CT molecular complexity index is 113. The van der Waals surface area contributed by atoms with Crippen LogP contribution in [0.25, 0.3) is 5.73 Å². The van der Waals surface area contributed by atoms with Crippen LogP contribution < -0.4 is 0 Å². The van der Waals surface area contributed by atoms with Crippen LogP contribution >= 0.6 is 0 Å². The standard InChI is InChI=1S/C6H11N2O.Y/c1-2-3-5(8)6(9)4-7;/h5-6,8-9H,2-3H2,1H3;/q-1;. The van der Waals surface area contributed by atoms with Gasteiger partial charge in [0.25, 0.3) is 0 Å². The molecule has 0 spiro atoms. The minimum absolute atomic E-state index is 0. The van der Waals surface area contributed by atoms with Crippen LogP contribution in [0.3, 0.4) is 0 Å². The third kappa shape index (κ3) is 5.31. The van der Waals surface area contributed by atoms with Gasteiger partial charge in [-0.05, 0) is 0 Å². The van der Waals surface area contributed by atoms with Gasteiger partial charge in [-0.1, -0.05) is 25.8 Å². The van der Waals surface area contributed by atoms with E-state index in [0.717, 1.165) is 6.42 Å². The maximum Gasteiger partial charge on any atom is 0.124 e. The number of nitriles is 1. The van der Waals surface area contributed by atoms with Crippen LogP contribution in [0.15, 0.2) is 0 Å². The molecular formula is C6H11N2OY-. The summed E-state index contributed by atoms with van der Waals surface area (Å²) >= 11 is 0. The first kappa shape index (κ1) is 13.1. The van der Waals surface area contributed by atoms with E-state index in [1.54, 1.807) is 6.07 Å². The van der Waals surface area contributed by atoms with Crippen LogP contribution in [-0.4, -0.2) is 17.3 Å². The summed E-state index contributed by atoms with van der Waals surface area (Å²) in [5.41, 5.74) is 7.11. The maximum atomic E-state index is 8.71. The summed E-state index contributed by atoms with van der Waals surface area (Å²) in [4.78, 5) is 0. The zero-order valence-corrected chi connectivity index (χ0v) is 8.88. The molecule has 1 radical (unpaired) electrons. The molecule has 0 saturated carbocycles. The fraction of sp³-hybridized carbons (Fsp3) is 0.833. The molecule has 0 heterocycles. The van der Waals surface area contributed by atoms with Crippen LogP contribution in [0.4, 0.5) is 0 Å². The van der Waals surface area contributed by atoms with Crippen molar-refractivity contribution in [2.24, 2.45) is 0 Å². The molecule has 2 unspecified atom stereocenters. The van der Waals surface area contributed by atoms with Crippen molar-refractivity contribution >= 4 is 0 Å². The van der Waals surface area contributed by atoms with E-state index in [0.29, 0.717) is 6.42 Å². The second kappa shape index (κ2) is 7.62. The maximum absolute atomic E-state index is 8.71. The molecule has 0 amide bonds. The molecule has 4 heteroatoms. The summed E-state index contributed by atoms with van der Waals surface area (Å²) < 4.78 is 0. The van der Waals surface area contributed by atoms with Crippen molar-refractivity contribution in [1.82, 2.24) is 0 Å². The molecule has 0 aromatic rings. The predicted molar refractivity (Wildman–Crippen MR) is 34.6 cm³/mol. The SMILES string of the molecule is CCCC([NH-])C(O)C#N.[Y]. The number of hydrogen-bond acceptors (Lipinski definition) is 2. The third-order valence-electron chi connectivity index (χ3n) is 1.11. The van der Waals surface area contributed by atoms with Crippen LogP contribution in [-0.2, 0) is 32.7 Å². The van der Waals surface area contributed by atoms with Crippen molar-refractivity contribution in [3.05, 3.63) is 5.73 Å². The number of nitrogens with zero attached hydrogens (tertiary/aromatic N) is 1. The summed E-state index contributed by atoms with van der Waals surface area (Å²) in [6.07, 6.45) is 0.326. The first-order chi connectivity index (χ1) is 4.22. The Morgan fingerprint density at radius 2 is 2.20 bits per heavy atom. The van der Waals surface area contributed by atoms with Gasteiger partial charge in [0.2, 0.25) is 0 Å². The molecular weight excluding hydrogens is 205 g/mol. The smallest absolute Gasteiger partial charge is 0.124 e. The quantitative estimate of drug-likeness (QED) is 0.717. The first-order valence-corrected chi connectivity index (χ1v) is 3.01. The second-order valence-corrected chi connectivity index (χ2v) is 1.97. The van der Waals surface area contributed by atoms with E-state index in [-0.39, 0.29) is 32.7 Å². The van der Waals surface area contributed by atoms with E-state index < -0.39 is 12.1 Å². The summed E-state index contributed by atoms with van der Waals surface area (Å²) in [6, 6.07) is 0.993. The van der Waals surface area contributed by atoms with Gasteiger partial charge in [0, 0.05) is 32.7 Å². The summed E-state index contributed by atoms with van der Waals surface area (Å²) in [5.74, 6) is 0. The Morgan fingerprint density at radius 1 is 1.70 bits per heavy atom. The predicted octanol–water partition coefficient (Wildman–Crippen LogP) is 1.09. The molecule has 0 fully saturated rings. The molecule has 55 valence electrons. The summed E-state index contributed by atoms with van der Waals surface area (Å²) in [5, 5.41) is 16.8. The fourth-order valence-corrected chi connectivity index (χ4v) is 0.559. The van der Waals surface area contributed by atoms with Crippen molar-refractivity contribution in [3.63, 3.8) is 0 Å². The minimum Gasteiger partial charge on any atom is -0.672 e. The molecule has 0 bridgehead atoms. The Balaban J connectivity index is 0. The van der Waals surface area contributed by atoms with Gasteiger partial charge in [-0.25, -0.2) is 0 Å². The third-order valence-corrected chi connectivity index (χ3v) is 1.11. The first-order valence-electron chi connectivity index (χ1n) is 3.01. The van der Waals surface area contributed by atoms with Gasteiger partial charge in [-0.3, -0.25) is 0 Å². The van der Waals surface area contributed by atoms with Crippen LogP contribution in [0.2, 0.25) is 0 Å². The molecule has 0 rings (SSSR count). The van der Waals surface area contributed by atoms with Crippen molar-refractivity contribution in [2.75, 3.05) is 0 Å². The van der Waals surface area contributed by atoms with E-state index in [1.165, 1.54) is 0 Å². The Labute approximate surface area is 86.5 Å². The fourth-order valence-electron chi connectivity index (χ4n) is 0.559. The topological polar surface area (TPSA) is 67.8 Å². The van der Waals surface area contributed by atoms with Crippen LogP contribution in [0.1, 0.15) is 19.8 Å². The van der Waals surface area contributed by atoms with Crippen LogP contribution in [0, 0.1) is 11.3 Å². The van der Waals surface area contributed by atoms with Crippen molar-refractivity contribution < 1.29 is 37.8 Å². The minimum atomic E-state index is -1.11. The van der Waals surface area contributed by atoms with Crippen molar-refractivity contribution in [3.8, 4) is 6.07 Å². The number of hydrogen-bond donors (Lipinski definition) is 1. The normalized spacial score (nSPS) is 14.6. The molecule has 0 saturated heterocycles. The van der Waals surface area contributed by atoms with Gasteiger partial charge in [0.15, 0.2) is 0 Å². The Kier molecular flexibility index (Phi) is 10.0. The number of nitrogens with one attached hydrogen (secondary N) is 1. The number of rotatable bonds is 3. The van der Waals surface area contributed by atoms with Gasteiger partial charge < -0.3 is 10.8 Å². The number of aliphatic hydroxyl groups is 1. The van der Waals surface area contributed by atoms with Gasteiger partial charge in [-0.2, -0.15) is 5.26 Å². The van der Waals surface area contributed by atoms with E-state index >= 15 is 0 Å². The molecule has 0 aliphatic heterocycles. The van der Waals surface area contributed by atoms with E-state index in [4.69, 9.17) is 16.1 Å². The van der Waals surface area contributed by atoms with Crippen molar-refractivity contribution in [1.29, 1.82) is 5.26 Å². The zero-order chi connectivity index (χ0) is 7.28. The summed E-state index contributed by atoms with van der Waals surface area (Å²) in [6.45, 7) is 1.92. The molecule has 0 aromatic heterocycles. The largest absolute Gasteiger partial charge is 0.672 e. The average molecular weight is 216 g/mol. The van der Waals surface area contributed by atoms with Crippen molar-refractivity contribution in [2.45, 2.75) is 31.9 Å². The second-order valence-electron chi connectivity index (χ2n) is 1.97. The van der Waals surface area contributed by atoms with Crippen LogP contribution in [0.5, 0.6) is 0 Å². The molecule has 2 N–H and O–H groups in total. The van der Waals surface area contributed by atoms with Gasteiger partial charge in [0.05, 0.1) is 6.07 Å². The zero-order valence-electron chi connectivity index (χ0n) is 6.04. The average Bonchev–Trinajstić information content (AvgIpc) is 1.87.